The number of aryl methyl sites for hydroxylation is 2. The predicted octanol–water partition coefficient (Wildman–Crippen LogP) is 3.07. The Morgan fingerprint density at radius 1 is 1.21 bits per heavy atom. The molecule has 0 spiro atoms. The first-order valence-corrected chi connectivity index (χ1v) is 8.49. The maximum Gasteiger partial charge on any atom is 0.259 e. The molecule has 0 atom stereocenters. The number of nitrogens with zero attached hydrogens (tertiary/aromatic N) is 3. The number of pyridine rings is 2. The van der Waals surface area contributed by atoms with Gasteiger partial charge in [-0.25, -0.2) is 4.98 Å². The van der Waals surface area contributed by atoms with Crippen LogP contribution in [0.15, 0.2) is 41.5 Å². The van der Waals surface area contributed by atoms with E-state index in [1.165, 1.54) is 17.1 Å². The lowest BCUT2D eigenvalue weighted by Crippen LogP contribution is -2.42. The average molecular weight is 325 g/mol. The van der Waals surface area contributed by atoms with Gasteiger partial charge in [0, 0.05) is 37.1 Å². The van der Waals surface area contributed by atoms with Crippen LogP contribution >= 0.6 is 0 Å². The predicted molar refractivity (Wildman–Crippen MR) is 94.3 cm³/mol. The number of aromatic nitrogens is 2. The van der Waals surface area contributed by atoms with Crippen molar-refractivity contribution in [3.63, 3.8) is 0 Å². The van der Waals surface area contributed by atoms with Crippen LogP contribution in [-0.2, 0) is 7.05 Å². The molecule has 3 rings (SSSR count). The van der Waals surface area contributed by atoms with Gasteiger partial charge in [0.2, 0.25) is 0 Å². The van der Waals surface area contributed by atoms with Gasteiger partial charge in [-0.1, -0.05) is 25.3 Å². The van der Waals surface area contributed by atoms with Crippen LogP contribution in [0, 0.1) is 6.92 Å². The summed E-state index contributed by atoms with van der Waals surface area (Å²) in [6, 6.07) is 7.11. The Labute approximate surface area is 141 Å². The van der Waals surface area contributed by atoms with Crippen molar-refractivity contribution in [1.29, 1.82) is 0 Å². The Morgan fingerprint density at radius 3 is 2.58 bits per heavy atom. The third-order valence-corrected chi connectivity index (χ3v) is 4.65. The zero-order chi connectivity index (χ0) is 17.1. The van der Waals surface area contributed by atoms with E-state index in [9.17, 15) is 9.59 Å². The first kappa shape index (κ1) is 16.4. The molecule has 2 aromatic rings. The summed E-state index contributed by atoms with van der Waals surface area (Å²) in [5, 5.41) is 0. The van der Waals surface area contributed by atoms with Crippen molar-refractivity contribution >= 4 is 11.7 Å². The summed E-state index contributed by atoms with van der Waals surface area (Å²) in [6.07, 6.45) is 8.83. The molecule has 2 aromatic heterocycles. The Bertz CT molecular complexity index is 774. The largest absolute Gasteiger partial charge is 0.319 e. The fourth-order valence-electron chi connectivity index (χ4n) is 3.22. The Balaban J connectivity index is 1.99. The van der Waals surface area contributed by atoms with E-state index in [1.807, 2.05) is 19.1 Å². The Hall–Kier alpha value is -2.43. The second-order valence-corrected chi connectivity index (χ2v) is 6.53. The van der Waals surface area contributed by atoms with Crippen LogP contribution < -0.4 is 10.5 Å². The van der Waals surface area contributed by atoms with Crippen LogP contribution in [0.2, 0.25) is 0 Å². The first-order valence-electron chi connectivity index (χ1n) is 8.49. The summed E-state index contributed by atoms with van der Waals surface area (Å²) in [5.41, 5.74) is 1.30. The minimum atomic E-state index is -0.179. The second kappa shape index (κ2) is 6.99. The van der Waals surface area contributed by atoms with Crippen molar-refractivity contribution < 1.29 is 4.79 Å². The lowest BCUT2D eigenvalue weighted by molar-refractivity contribution is 0.0969. The highest BCUT2D eigenvalue weighted by atomic mass is 16.2. The number of carbonyl (C=O) groups is 1. The molecule has 1 amide bonds. The summed E-state index contributed by atoms with van der Waals surface area (Å²) in [4.78, 5) is 31.3. The molecule has 0 aliphatic heterocycles. The van der Waals surface area contributed by atoms with E-state index in [2.05, 4.69) is 4.98 Å². The molecule has 5 nitrogen and oxygen atoms in total. The molecule has 24 heavy (non-hydrogen) atoms. The molecule has 1 aliphatic carbocycles. The monoisotopic (exact) mass is 325 g/mol. The van der Waals surface area contributed by atoms with Crippen LogP contribution in [0.3, 0.4) is 0 Å². The highest BCUT2D eigenvalue weighted by molar-refractivity contribution is 6.05. The van der Waals surface area contributed by atoms with Crippen molar-refractivity contribution in [1.82, 2.24) is 9.55 Å². The smallest absolute Gasteiger partial charge is 0.259 e. The number of hydrogen-bond acceptors (Lipinski definition) is 3. The van der Waals surface area contributed by atoms with Crippen LogP contribution in [0.5, 0.6) is 0 Å². The normalized spacial score (nSPS) is 15.2. The van der Waals surface area contributed by atoms with E-state index in [-0.39, 0.29) is 17.5 Å². The minimum absolute atomic E-state index is 0.143. The molecule has 1 aliphatic rings. The maximum absolute atomic E-state index is 13.1. The van der Waals surface area contributed by atoms with Gasteiger partial charge in [0.25, 0.3) is 11.5 Å². The van der Waals surface area contributed by atoms with E-state index in [0.717, 1.165) is 31.2 Å². The number of rotatable bonds is 3. The van der Waals surface area contributed by atoms with Gasteiger partial charge in [0.1, 0.15) is 5.82 Å². The summed E-state index contributed by atoms with van der Waals surface area (Å²) in [7, 11) is 1.68. The zero-order valence-corrected chi connectivity index (χ0v) is 14.2. The first-order chi connectivity index (χ1) is 11.6. The van der Waals surface area contributed by atoms with Crippen molar-refractivity contribution in [2.75, 3.05) is 4.90 Å². The topological polar surface area (TPSA) is 55.2 Å². The molecule has 0 bridgehead atoms. The van der Waals surface area contributed by atoms with E-state index >= 15 is 0 Å². The van der Waals surface area contributed by atoms with Gasteiger partial charge < -0.3 is 4.57 Å². The number of anilines is 1. The van der Waals surface area contributed by atoms with E-state index in [1.54, 1.807) is 30.4 Å². The number of hydrogen-bond donors (Lipinski definition) is 0. The van der Waals surface area contributed by atoms with Crippen molar-refractivity contribution in [3.8, 4) is 0 Å². The van der Waals surface area contributed by atoms with Gasteiger partial charge in [0.15, 0.2) is 0 Å². The Morgan fingerprint density at radius 2 is 1.96 bits per heavy atom. The van der Waals surface area contributed by atoms with Crippen LogP contribution in [0.1, 0.15) is 48.0 Å². The van der Waals surface area contributed by atoms with Gasteiger partial charge in [0.05, 0.1) is 0 Å². The lowest BCUT2D eigenvalue weighted by atomic mass is 9.93. The molecule has 126 valence electrons. The molecular formula is C19H23N3O2. The fraction of sp³-hybridized carbons (Fsp3) is 0.421. The van der Waals surface area contributed by atoms with Gasteiger partial charge in [-0.05, 0) is 37.5 Å². The molecule has 0 N–H and O–H groups in total. The quantitative estimate of drug-likeness (QED) is 0.871. The summed E-state index contributed by atoms with van der Waals surface area (Å²) in [5.74, 6) is 0.522. The molecule has 1 saturated carbocycles. The standard InChI is InChI=1S/C19H23N3O2/c1-14-8-9-17(20-13-14)22(16-6-4-3-5-7-16)19(24)15-10-11-21(2)18(23)12-15/h8-13,16H,3-7H2,1-2H3. The molecule has 2 heterocycles. The number of carbonyl (C=O) groups excluding carboxylic acids is 1. The highest BCUT2D eigenvalue weighted by Crippen LogP contribution is 2.27. The summed E-state index contributed by atoms with van der Waals surface area (Å²) < 4.78 is 1.46. The molecule has 0 unspecified atom stereocenters. The van der Waals surface area contributed by atoms with Crippen molar-refractivity contribution in [3.05, 3.63) is 58.1 Å². The van der Waals surface area contributed by atoms with E-state index in [4.69, 9.17) is 0 Å². The van der Waals surface area contributed by atoms with Crippen LogP contribution in [0.25, 0.3) is 0 Å². The van der Waals surface area contributed by atoms with E-state index < -0.39 is 0 Å². The molecule has 0 aromatic carbocycles. The highest BCUT2D eigenvalue weighted by Gasteiger charge is 2.28. The van der Waals surface area contributed by atoms with Crippen molar-refractivity contribution in [2.24, 2.45) is 7.05 Å². The average Bonchev–Trinajstić information content (AvgIpc) is 2.60. The zero-order valence-electron chi connectivity index (χ0n) is 14.2. The van der Waals surface area contributed by atoms with Gasteiger partial charge in [-0.15, -0.1) is 0 Å². The van der Waals surface area contributed by atoms with Gasteiger partial charge in [-0.3, -0.25) is 14.5 Å². The molecule has 0 saturated heterocycles. The molecule has 1 fully saturated rings. The molecule has 5 heteroatoms. The van der Waals surface area contributed by atoms with Crippen molar-refractivity contribution in [2.45, 2.75) is 45.1 Å². The lowest BCUT2D eigenvalue weighted by Gasteiger charge is -2.33. The third-order valence-electron chi connectivity index (χ3n) is 4.65. The molecule has 0 radical (unpaired) electrons. The van der Waals surface area contributed by atoms with Crippen LogP contribution in [-0.4, -0.2) is 21.5 Å². The molecular weight excluding hydrogens is 302 g/mol. The van der Waals surface area contributed by atoms with Gasteiger partial charge >= 0.3 is 0 Å². The van der Waals surface area contributed by atoms with E-state index in [0.29, 0.717) is 11.4 Å². The third kappa shape index (κ3) is 3.40. The summed E-state index contributed by atoms with van der Waals surface area (Å²) in [6.45, 7) is 1.98. The fourth-order valence-corrected chi connectivity index (χ4v) is 3.22. The Kier molecular flexibility index (Phi) is 4.79. The minimum Gasteiger partial charge on any atom is -0.319 e. The van der Waals surface area contributed by atoms with Crippen LogP contribution in [0.4, 0.5) is 5.82 Å². The SMILES string of the molecule is Cc1ccc(N(C(=O)c2ccn(C)c(=O)c2)C2CCCCC2)nc1. The van der Waals surface area contributed by atoms with Gasteiger partial charge in [-0.2, -0.15) is 0 Å². The number of amides is 1. The maximum atomic E-state index is 13.1. The summed E-state index contributed by atoms with van der Waals surface area (Å²) >= 11 is 0. The second-order valence-electron chi connectivity index (χ2n) is 6.53.